The first-order valence-electron chi connectivity index (χ1n) is 15.4. The lowest BCUT2D eigenvalue weighted by atomic mass is 10.1. The molecule has 2 aromatic rings. The highest BCUT2D eigenvalue weighted by atomic mass is 14.8. The van der Waals surface area contributed by atoms with E-state index in [0.29, 0.717) is 0 Å². The highest BCUT2D eigenvalue weighted by Gasteiger charge is 1.99. The van der Waals surface area contributed by atoms with Gasteiger partial charge in [0.1, 0.15) is 0 Å². The van der Waals surface area contributed by atoms with Crippen molar-refractivity contribution in [2.24, 2.45) is 9.98 Å². The molecule has 0 radical (unpaired) electrons. The number of hydrogen-bond acceptors (Lipinski definition) is 2. The van der Waals surface area contributed by atoms with Crippen LogP contribution in [0.3, 0.4) is 0 Å². The van der Waals surface area contributed by atoms with E-state index in [9.17, 15) is 0 Å². The molecular weight excluding hydrogens is 460 g/mol. The number of nitrogens with zero attached hydrogens (tertiary/aromatic N) is 2. The van der Waals surface area contributed by atoms with Gasteiger partial charge in [0.2, 0.25) is 0 Å². The standard InChI is InChI=1S/C36H52N2/c1-4-7-10-12-14-16-18-20-32-23-27-34(28-24-32)37-31-36(22-9-6-3)38-35-29-25-33(26-30-35)21-19-17-15-13-11-8-5-2/h18-21,23-31H,4-17,22H2,1-3H3. The zero-order valence-electron chi connectivity index (χ0n) is 24.5. The van der Waals surface area contributed by atoms with Crippen LogP contribution in [0, 0.1) is 0 Å². The molecule has 0 heterocycles. The summed E-state index contributed by atoms with van der Waals surface area (Å²) in [6, 6.07) is 17.1. The SMILES string of the molecule is CCCCCCCC=Cc1ccc(N=CC(CCCC)=Nc2ccc(C=CCCCCCCC)cc2)cc1. The van der Waals surface area contributed by atoms with Crippen LogP contribution in [0.5, 0.6) is 0 Å². The lowest BCUT2D eigenvalue weighted by Gasteiger charge is -2.02. The summed E-state index contributed by atoms with van der Waals surface area (Å²) in [5.74, 6) is 0. The van der Waals surface area contributed by atoms with E-state index in [1.165, 1.54) is 75.3 Å². The van der Waals surface area contributed by atoms with Gasteiger partial charge in [-0.25, -0.2) is 0 Å². The van der Waals surface area contributed by atoms with Crippen molar-refractivity contribution in [1.29, 1.82) is 0 Å². The zero-order valence-corrected chi connectivity index (χ0v) is 24.5. The van der Waals surface area contributed by atoms with Gasteiger partial charge in [-0.1, -0.05) is 127 Å². The Morgan fingerprint density at radius 2 is 1.03 bits per heavy atom. The van der Waals surface area contributed by atoms with Gasteiger partial charge in [0.25, 0.3) is 0 Å². The van der Waals surface area contributed by atoms with Gasteiger partial charge in [0.05, 0.1) is 17.1 Å². The predicted molar refractivity (Wildman–Crippen MR) is 172 cm³/mol. The third kappa shape index (κ3) is 14.9. The molecule has 2 rings (SSSR count). The largest absolute Gasteiger partial charge is 0.255 e. The van der Waals surface area contributed by atoms with Gasteiger partial charge >= 0.3 is 0 Å². The number of hydrogen-bond donors (Lipinski definition) is 0. The molecule has 2 nitrogen and oxygen atoms in total. The molecule has 0 saturated carbocycles. The third-order valence-electron chi connectivity index (χ3n) is 6.78. The summed E-state index contributed by atoms with van der Waals surface area (Å²) in [5.41, 5.74) is 5.49. The average Bonchev–Trinajstić information content (AvgIpc) is 2.95. The summed E-state index contributed by atoms with van der Waals surface area (Å²) in [6.07, 6.45) is 29.9. The monoisotopic (exact) mass is 512 g/mol. The summed E-state index contributed by atoms with van der Waals surface area (Å²) in [4.78, 5) is 9.65. The van der Waals surface area contributed by atoms with Gasteiger partial charge in [-0.15, -0.1) is 0 Å². The molecule has 0 fully saturated rings. The van der Waals surface area contributed by atoms with E-state index in [1.807, 2.05) is 6.21 Å². The van der Waals surface area contributed by atoms with Gasteiger partial charge < -0.3 is 0 Å². The second-order valence-corrected chi connectivity index (χ2v) is 10.4. The fourth-order valence-corrected chi connectivity index (χ4v) is 4.32. The number of allylic oxidation sites excluding steroid dienone is 2. The van der Waals surface area contributed by atoms with Crippen molar-refractivity contribution in [1.82, 2.24) is 0 Å². The Morgan fingerprint density at radius 1 is 0.553 bits per heavy atom. The van der Waals surface area contributed by atoms with Gasteiger partial charge in [-0.05, 0) is 73.9 Å². The Hall–Kier alpha value is -2.74. The third-order valence-corrected chi connectivity index (χ3v) is 6.78. The number of benzene rings is 2. The Morgan fingerprint density at radius 3 is 1.53 bits per heavy atom. The summed E-state index contributed by atoms with van der Waals surface area (Å²) < 4.78 is 0. The predicted octanol–water partition coefficient (Wildman–Crippen LogP) is 12.1. The van der Waals surface area contributed by atoms with Crippen molar-refractivity contribution in [2.75, 3.05) is 0 Å². The van der Waals surface area contributed by atoms with E-state index >= 15 is 0 Å². The summed E-state index contributed by atoms with van der Waals surface area (Å²) in [5, 5.41) is 0. The second-order valence-electron chi connectivity index (χ2n) is 10.4. The summed E-state index contributed by atoms with van der Waals surface area (Å²) in [7, 11) is 0. The normalized spacial score (nSPS) is 12.4. The Kier molecular flexibility index (Phi) is 17.6. The molecule has 0 N–H and O–H groups in total. The Bertz CT molecular complexity index is 961. The molecule has 206 valence electrons. The lowest BCUT2D eigenvalue weighted by molar-refractivity contribution is 0.638. The smallest absolute Gasteiger partial charge is 0.0634 e. The minimum absolute atomic E-state index is 0.943. The van der Waals surface area contributed by atoms with Gasteiger partial charge in [-0.2, -0.15) is 0 Å². The van der Waals surface area contributed by atoms with Gasteiger partial charge in [-0.3, -0.25) is 9.98 Å². The molecule has 0 bridgehead atoms. The van der Waals surface area contributed by atoms with Crippen LogP contribution in [0.2, 0.25) is 0 Å². The molecule has 0 aromatic heterocycles. The first-order chi connectivity index (χ1) is 18.7. The molecular formula is C36H52N2. The fourth-order valence-electron chi connectivity index (χ4n) is 4.32. The molecule has 0 unspecified atom stereocenters. The van der Waals surface area contributed by atoms with Crippen LogP contribution in [-0.2, 0) is 0 Å². The van der Waals surface area contributed by atoms with E-state index in [-0.39, 0.29) is 0 Å². The van der Waals surface area contributed by atoms with Crippen molar-refractivity contribution in [3.05, 3.63) is 71.8 Å². The highest BCUT2D eigenvalue weighted by Crippen LogP contribution is 2.18. The first-order valence-corrected chi connectivity index (χ1v) is 15.4. The molecule has 38 heavy (non-hydrogen) atoms. The average molecular weight is 513 g/mol. The van der Waals surface area contributed by atoms with Crippen LogP contribution in [0.1, 0.15) is 128 Å². The minimum atomic E-state index is 0.943. The molecule has 0 aliphatic rings. The number of unbranched alkanes of at least 4 members (excludes halogenated alkanes) is 11. The van der Waals surface area contributed by atoms with Crippen molar-refractivity contribution < 1.29 is 0 Å². The zero-order chi connectivity index (χ0) is 27.1. The maximum atomic E-state index is 4.92. The fraction of sp³-hybridized carbons (Fsp3) is 0.500. The minimum Gasteiger partial charge on any atom is -0.255 e. The Balaban J connectivity index is 1.89. The molecule has 0 atom stereocenters. The molecule has 0 amide bonds. The highest BCUT2D eigenvalue weighted by molar-refractivity contribution is 6.31. The van der Waals surface area contributed by atoms with Gasteiger partial charge in [0, 0.05) is 6.21 Å². The summed E-state index contributed by atoms with van der Waals surface area (Å²) in [6.45, 7) is 6.75. The maximum absolute atomic E-state index is 4.92. The number of rotatable bonds is 20. The van der Waals surface area contributed by atoms with Crippen LogP contribution in [0.25, 0.3) is 12.2 Å². The lowest BCUT2D eigenvalue weighted by Crippen LogP contribution is -1.99. The molecule has 2 aromatic carbocycles. The van der Waals surface area contributed by atoms with Crippen LogP contribution < -0.4 is 0 Å². The Labute approximate surface area is 234 Å². The van der Waals surface area contributed by atoms with E-state index < -0.39 is 0 Å². The quantitative estimate of drug-likeness (QED) is 0.124. The van der Waals surface area contributed by atoms with Crippen LogP contribution in [0.4, 0.5) is 11.4 Å². The molecule has 0 spiro atoms. The molecule has 0 aliphatic carbocycles. The second kappa shape index (κ2) is 21.2. The van der Waals surface area contributed by atoms with Crippen molar-refractivity contribution in [3.63, 3.8) is 0 Å². The molecule has 0 aliphatic heterocycles. The molecule has 0 saturated heterocycles. The van der Waals surface area contributed by atoms with Crippen LogP contribution in [0.15, 0.2) is 70.7 Å². The van der Waals surface area contributed by atoms with Gasteiger partial charge in [0.15, 0.2) is 0 Å². The van der Waals surface area contributed by atoms with Crippen LogP contribution >= 0.6 is 0 Å². The van der Waals surface area contributed by atoms with E-state index in [1.54, 1.807) is 0 Å². The van der Waals surface area contributed by atoms with E-state index in [2.05, 4.69) is 93.6 Å². The van der Waals surface area contributed by atoms with Crippen molar-refractivity contribution >= 4 is 35.5 Å². The van der Waals surface area contributed by atoms with Crippen molar-refractivity contribution in [3.8, 4) is 0 Å². The maximum Gasteiger partial charge on any atom is 0.0634 e. The summed E-state index contributed by atoms with van der Waals surface area (Å²) >= 11 is 0. The topological polar surface area (TPSA) is 24.7 Å². The molecule has 2 heteroatoms. The van der Waals surface area contributed by atoms with Crippen LogP contribution in [-0.4, -0.2) is 11.9 Å². The number of aliphatic imine (C=N–C) groups is 2. The van der Waals surface area contributed by atoms with E-state index in [0.717, 1.165) is 49.2 Å². The first kappa shape index (κ1) is 31.5. The van der Waals surface area contributed by atoms with Crippen molar-refractivity contribution in [2.45, 2.75) is 117 Å². The van der Waals surface area contributed by atoms with E-state index in [4.69, 9.17) is 9.98 Å².